The minimum atomic E-state index is -4.07. The van der Waals surface area contributed by atoms with Gasteiger partial charge in [0.2, 0.25) is 27.1 Å². The number of aryl methyl sites for hydroxylation is 1. The number of halogens is 5. The molecule has 0 bridgehead atoms. The van der Waals surface area contributed by atoms with Gasteiger partial charge in [0.05, 0.1) is 24.9 Å². The molecule has 3 heterocycles. The highest BCUT2D eigenvalue weighted by Gasteiger charge is 2.57. The van der Waals surface area contributed by atoms with E-state index in [9.17, 15) is 13.2 Å². The minimum absolute atomic E-state index is 0. The Kier molecular flexibility index (Phi) is 8.95. The number of alkyl halides is 2. The summed E-state index contributed by atoms with van der Waals surface area (Å²) in [7, 11) is -4.07. The van der Waals surface area contributed by atoms with Crippen LogP contribution in [0.25, 0.3) is 0 Å². The lowest BCUT2D eigenvalue weighted by atomic mass is 9.98. The van der Waals surface area contributed by atoms with Crippen molar-refractivity contribution in [1.82, 2.24) is 24.9 Å². The molecule has 0 aliphatic carbocycles. The zero-order chi connectivity index (χ0) is 26.3. The normalized spacial score (nSPS) is 23.1. The third-order valence-electron chi connectivity index (χ3n) is 6.18. The highest BCUT2D eigenvalue weighted by Crippen LogP contribution is 2.37. The van der Waals surface area contributed by atoms with Gasteiger partial charge in [0.15, 0.2) is 11.6 Å². The van der Waals surface area contributed by atoms with E-state index in [1.54, 1.807) is 6.92 Å². The quantitative estimate of drug-likeness (QED) is 0.482. The van der Waals surface area contributed by atoms with E-state index in [1.165, 1.54) is 24.4 Å². The highest BCUT2D eigenvalue weighted by molar-refractivity contribution is 7.88. The molecule has 3 atom stereocenters. The monoisotopic (exact) mass is 583 g/mol. The first-order valence-electron chi connectivity index (χ1n) is 11.2. The number of aromatic nitrogens is 2. The fourth-order valence-corrected chi connectivity index (χ4v) is 5.41. The number of amides is 1. The van der Waals surface area contributed by atoms with Gasteiger partial charge in [-0.2, -0.15) is 4.98 Å². The van der Waals surface area contributed by atoms with Crippen LogP contribution in [0.2, 0.25) is 5.28 Å². The average molecular weight is 584 g/mol. The van der Waals surface area contributed by atoms with E-state index in [0.717, 1.165) is 11.2 Å². The van der Waals surface area contributed by atoms with Crippen molar-refractivity contribution in [3.05, 3.63) is 46.6 Å². The fraction of sp³-hybridized carbons (Fsp3) is 0.500. The molecule has 37 heavy (non-hydrogen) atoms. The van der Waals surface area contributed by atoms with E-state index in [-0.39, 0.29) is 41.3 Å². The predicted molar refractivity (Wildman–Crippen MR) is 132 cm³/mol. The van der Waals surface area contributed by atoms with Crippen molar-refractivity contribution in [3.63, 3.8) is 0 Å². The van der Waals surface area contributed by atoms with Crippen LogP contribution in [-0.4, -0.2) is 72.6 Å². The molecule has 2 aliphatic rings. The average Bonchev–Trinajstić information content (AvgIpc) is 3.40. The molecule has 1 aromatic carbocycles. The van der Waals surface area contributed by atoms with Gasteiger partial charge in [-0.25, -0.2) is 31.3 Å². The smallest absolute Gasteiger partial charge is 0.283 e. The van der Waals surface area contributed by atoms with E-state index in [4.69, 9.17) is 16.3 Å². The van der Waals surface area contributed by atoms with Gasteiger partial charge < -0.3 is 15.0 Å². The van der Waals surface area contributed by atoms with Crippen molar-refractivity contribution in [1.29, 1.82) is 0 Å². The molecule has 2 saturated heterocycles. The molecule has 1 aromatic heterocycles. The number of sulfonamides is 1. The maximum atomic E-state index is 15.5. The van der Waals surface area contributed by atoms with Gasteiger partial charge >= 0.3 is 0 Å². The summed E-state index contributed by atoms with van der Waals surface area (Å²) in [6, 6.07) is 0.212. The number of benzene rings is 1. The lowest BCUT2D eigenvalue weighted by molar-refractivity contribution is -0.135. The van der Waals surface area contributed by atoms with Crippen LogP contribution in [0, 0.1) is 12.7 Å². The van der Waals surface area contributed by atoms with Gasteiger partial charge in [-0.3, -0.25) is 4.79 Å². The molecule has 0 unspecified atom stereocenters. The van der Waals surface area contributed by atoms with Crippen LogP contribution in [0.5, 0.6) is 11.6 Å². The molecule has 4 rings (SSSR count). The van der Waals surface area contributed by atoms with Crippen molar-refractivity contribution in [2.24, 2.45) is 0 Å². The molecule has 2 N–H and O–H groups in total. The van der Waals surface area contributed by atoms with Crippen LogP contribution in [0.4, 0.5) is 13.2 Å². The third-order valence-corrected chi connectivity index (χ3v) is 7.04. The van der Waals surface area contributed by atoms with Gasteiger partial charge in [0, 0.05) is 11.8 Å². The van der Waals surface area contributed by atoms with Gasteiger partial charge in [-0.1, -0.05) is 12.1 Å². The first kappa shape index (κ1) is 29.4. The summed E-state index contributed by atoms with van der Waals surface area (Å²) in [6.45, 7) is 1.21. The Morgan fingerprint density at radius 1 is 1.38 bits per heavy atom. The maximum Gasteiger partial charge on any atom is 0.283 e. The third kappa shape index (κ3) is 6.63. The maximum absolute atomic E-state index is 15.5. The summed E-state index contributed by atoms with van der Waals surface area (Å²) in [5.41, 5.74) is 0.448. The van der Waals surface area contributed by atoms with Crippen LogP contribution in [0.3, 0.4) is 0 Å². The number of carbonyl (C=O) groups is 1. The molecule has 9 nitrogen and oxygen atoms in total. The lowest BCUT2D eigenvalue weighted by Crippen LogP contribution is -2.53. The second-order valence-electron chi connectivity index (χ2n) is 8.97. The first-order valence-corrected chi connectivity index (χ1v) is 13.5. The molecule has 2 aliphatic heterocycles. The van der Waals surface area contributed by atoms with Crippen molar-refractivity contribution < 1.29 is 31.1 Å². The topological polar surface area (TPSA) is 114 Å². The largest absolute Gasteiger partial charge is 0.435 e. The summed E-state index contributed by atoms with van der Waals surface area (Å²) in [5, 5.41) is 2.87. The Balaban J connectivity index is 0.00000380. The summed E-state index contributed by atoms with van der Waals surface area (Å²) in [4.78, 5) is 21.8. The minimum Gasteiger partial charge on any atom is -0.435 e. The van der Waals surface area contributed by atoms with E-state index in [2.05, 4.69) is 15.3 Å². The van der Waals surface area contributed by atoms with Gasteiger partial charge in [0.25, 0.3) is 5.92 Å². The standard InChI is InChI=1S/C22H25ClF3N5O4S.ClH/c1-12-10-28-21(23)29-19(12)35-16-7-3-5-13(17(16)24)9-15-18(30-36(2,33)34)22(25,26)11-31(15)20(32)14-6-4-8-27-14;/h3,5,7,10,14-15,18,27,30H,4,6,8-9,11H2,1-2H3;1H/t14-,15-,18+;/m0./s1. The number of nitrogens with one attached hydrogen (secondary N) is 2. The summed E-state index contributed by atoms with van der Waals surface area (Å²) in [6.07, 6.45) is 2.95. The molecular formula is C22H26Cl2F3N5O4S. The van der Waals surface area contributed by atoms with Crippen LogP contribution in [0.15, 0.2) is 24.4 Å². The zero-order valence-electron chi connectivity index (χ0n) is 19.9. The Morgan fingerprint density at radius 3 is 2.76 bits per heavy atom. The molecule has 1 amide bonds. The van der Waals surface area contributed by atoms with E-state index < -0.39 is 52.3 Å². The number of rotatable bonds is 7. The number of nitrogens with zero attached hydrogens (tertiary/aromatic N) is 3. The molecule has 2 aromatic rings. The fourth-order valence-electron chi connectivity index (χ4n) is 4.50. The molecular weight excluding hydrogens is 558 g/mol. The summed E-state index contributed by atoms with van der Waals surface area (Å²) < 4.78 is 77.0. The SMILES string of the molecule is Cc1cnc(Cl)nc1Oc1cccc(C[C@H]2[C@@H](NS(C)(=O)=O)C(F)(F)CN2C(=O)[C@@H]2CCCN2)c1F.Cl. The van der Waals surface area contributed by atoms with E-state index in [1.807, 2.05) is 4.72 Å². The Morgan fingerprint density at radius 2 is 2.11 bits per heavy atom. The van der Waals surface area contributed by atoms with Crippen molar-refractivity contribution >= 4 is 39.9 Å². The number of likely N-dealkylation sites (tertiary alicyclic amines) is 1. The Bertz CT molecular complexity index is 1260. The lowest BCUT2D eigenvalue weighted by Gasteiger charge is -2.30. The van der Waals surface area contributed by atoms with Gasteiger partial charge in [0.1, 0.15) is 6.04 Å². The first-order chi connectivity index (χ1) is 16.9. The summed E-state index contributed by atoms with van der Waals surface area (Å²) in [5.74, 6) is -5.22. The van der Waals surface area contributed by atoms with E-state index >= 15 is 13.2 Å². The molecule has 204 valence electrons. The van der Waals surface area contributed by atoms with Crippen molar-refractivity contribution in [2.45, 2.75) is 50.2 Å². The molecule has 15 heteroatoms. The number of hydrogen-bond donors (Lipinski definition) is 2. The number of hydrogen-bond acceptors (Lipinski definition) is 7. The zero-order valence-corrected chi connectivity index (χ0v) is 22.3. The number of carbonyl (C=O) groups excluding carboxylic acids is 1. The van der Waals surface area contributed by atoms with Crippen LogP contribution < -0.4 is 14.8 Å². The van der Waals surface area contributed by atoms with Crippen LogP contribution in [0.1, 0.15) is 24.0 Å². The number of ether oxygens (including phenoxy) is 1. The molecule has 0 radical (unpaired) electrons. The van der Waals surface area contributed by atoms with Crippen molar-refractivity contribution in [3.8, 4) is 11.6 Å². The molecule has 2 fully saturated rings. The highest BCUT2D eigenvalue weighted by atomic mass is 35.5. The molecule has 0 saturated carbocycles. The van der Waals surface area contributed by atoms with Gasteiger partial charge in [-0.15, -0.1) is 12.4 Å². The second-order valence-corrected chi connectivity index (χ2v) is 11.1. The summed E-state index contributed by atoms with van der Waals surface area (Å²) >= 11 is 5.80. The van der Waals surface area contributed by atoms with E-state index in [0.29, 0.717) is 24.9 Å². The Hall–Kier alpha value is -2.19. The van der Waals surface area contributed by atoms with Crippen molar-refractivity contribution in [2.75, 3.05) is 19.3 Å². The predicted octanol–water partition coefficient (Wildman–Crippen LogP) is 2.85. The van der Waals surface area contributed by atoms with Crippen LogP contribution in [-0.2, 0) is 21.2 Å². The van der Waals surface area contributed by atoms with Gasteiger partial charge in [-0.05, 0) is 56.0 Å². The Labute approximate surface area is 223 Å². The van der Waals surface area contributed by atoms with Crippen LogP contribution >= 0.6 is 24.0 Å². The molecule has 0 spiro atoms. The second kappa shape index (κ2) is 11.3.